The van der Waals surface area contributed by atoms with Crippen molar-refractivity contribution in [2.45, 2.75) is 26.2 Å². The highest BCUT2D eigenvalue weighted by molar-refractivity contribution is 5.88. The molecule has 0 aliphatic rings. The minimum absolute atomic E-state index is 0.135. The fourth-order valence-electron chi connectivity index (χ4n) is 2.14. The number of benzene rings is 1. The van der Waals surface area contributed by atoms with Gasteiger partial charge in [0.05, 0.1) is 11.6 Å². The van der Waals surface area contributed by atoms with Gasteiger partial charge in [-0.05, 0) is 23.1 Å². The smallest absolute Gasteiger partial charge is 0.224 e. The zero-order valence-electron chi connectivity index (χ0n) is 12.3. The molecule has 0 saturated carbocycles. The van der Waals surface area contributed by atoms with Gasteiger partial charge in [0, 0.05) is 5.69 Å². The summed E-state index contributed by atoms with van der Waals surface area (Å²) in [6.07, 6.45) is 1.68. The van der Waals surface area contributed by atoms with E-state index < -0.39 is 0 Å². The monoisotopic (exact) mass is 282 g/mol. The molecule has 0 saturated heterocycles. The van der Waals surface area contributed by atoms with E-state index in [2.05, 4.69) is 58.4 Å². The van der Waals surface area contributed by atoms with Gasteiger partial charge in [0.1, 0.15) is 5.82 Å². The van der Waals surface area contributed by atoms with E-state index in [1.165, 1.54) is 5.56 Å². The lowest BCUT2D eigenvalue weighted by Gasteiger charge is -2.19. The van der Waals surface area contributed by atoms with Crippen molar-refractivity contribution in [2.24, 2.45) is 0 Å². The number of hydrogen-bond acceptors (Lipinski definition) is 5. The van der Waals surface area contributed by atoms with Crippen LogP contribution in [0.4, 0.5) is 17.5 Å². The van der Waals surface area contributed by atoms with Gasteiger partial charge < -0.3 is 11.1 Å². The molecule has 4 N–H and O–H groups in total. The van der Waals surface area contributed by atoms with E-state index in [0.29, 0.717) is 11.5 Å². The van der Waals surface area contributed by atoms with E-state index in [0.717, 1.165) is 11.1 Å². The first kappa shape index (κ1) is 13.4. The lowest BCUT2D eigenvalue weighted by molar-refractivity contribution is 0.590. The summed E-state index contributed by atoms with van der Waals surface area (Å²) in [6.45, 7) is 6.57. The van der Waals surface area contributed by atoms with E-state index in [1.807, 2.05) is 12.1 Å². The SMILES string of the molecule is CC(C)(C)c1ccc(Nc2nc(N)nc3[nH]ncc23)cc1. The standard InChI is InChI=1S/C15H18N6/c1-15(2,3)9-4-6-10(7-5-9)18-12-11-8-17-21-13(11)20-14(16)19-12/h4-8H,1-3H3,(H4,16,17,18,19,20,21). The predicted molar refractivity (Wildman–Crippen MR) is 84.5 cm³/mol. The number of fused-ring (bicyclic) bond motifs is 1. The zero-order valence-corrected chi connectivity index (χ0v) is 12.3. The Morgan fingerprint density at radius 3 is 2.48 bits per heavy atom. The molecule has 0 aliphatic heterocycles. The molecule has 6 nitrogen and oxygen atoms in total. The molecule has 0 aliphatic carbocycles. The van der Waals surface area contributed by atoms with Crippen LogP contribution in [0.15, 0.2) is 30.5 Å². The quantitative estimate of drug-likeness (QED) is 0.672. The molecule has 0 unspecified atom stereocenters. The van der Waals surface area contributed by atoms with Crippen molar-refractivity contribution in [3.05, 3.63) is 36.0 Å². The Morgan fingerprint density at radius 2 is 1.81 bits per heavy atom. The fraction of sp³-hybridized carbons (Fsp3) is 0.267. The van der Waals surface area contributed by atoms with Gasteiger partial charge in [-0.3, -0.25) is 5.10 Å². The highest BCUT2D eigenvalue weighted by Gasteiger charge is 2.13. The summed E-state index contributed by atoms with van der Waals surface area (Å²) in [4.78, 5) is 8.33. The molecule has 0 amide bonds. The molecule has 0 bridgehead atoms. The van der Waals surface area contributed by atoms with Gasteiger partial charge in [0.15, 0.2) is 5.65 Å². The van der Waals surface area contributed by atoms with Crippen LogP contribution in [0.25, 0.3) is 11.0 Å². The Kier molecular flexibility index (Phi) is 3.01. The van der Waals surface area contributed by atoms with Crippen LogP contribution in [-0.2, 0) is 5.41 Å². The molecule has 0 radical (unpaired) electrons. The van der Waals surface area contributed by atoms with Crippen LogP contribution in [0.2, 0.25) is 0 Å². The number of nitrogens with two attached hydrogens (primary N) is 1. The zero-order chi connectivity index (χ0) is 15.0. The summed E-state index contributed by atoms with van der Waals surface area (Å²) in [6, 6.07) is 8.29. The third-order valence-corrected chi connectivity index (χ3v) is 3.34. The van der Waals surface area contributed by atoms with Crippen LogP contribution in [0.5, 0.6) is 0 Å². The second kappa shape index (κ2) is 4.73. The second-order valence-corrected chi connectivity index (χ2v) is 6.02. The van der Waals surface area contributed by atoms with Crippen LogP contribution in [0.1, 0.15) is 26.3 Å². The number of rotatable bonds is 2. The molecule has 2 heterocycles. The molecule has 1 aromatic carbocycles. The largest absolute Gasteiger partial charge is 0.368 e. The van der Waals surface area contributed by atoms with E-state index in [1.54, 1.807) is 6.20 Å². The third-order valence-electron chi connectivity index (χ3n) is 3.34. The van der Waals surface area contributed by atoms with Crippen LogP contribution in [-0.4, -0.2) is 20.2 Å². The predicted octanol–water partition coefficient (Wildman–Crippen LogP) is 2.98. The van der Waals surface area contributed by atoms with E-state index in [4.69, 9.17) is 5.73 Å². The number of hydrogen-bond donors (Lipinski definition) is 3. The molecular formula is C15H18N6. The number of aromatic amines is 1. The van der Waals surface area contributed by atoms with Gasteiger partial charge in [0.25, 0.3) is 0 Å². The minimum atomic E-state index is 0.135. The summed E-state index contributed by atoms with van der Waals surface area (Å²) in [5.74, 6) is 0.857. The van der Waals surface area contributed by atoms with Gasteiger partial charge in [-0.2, -0.15) is 15.1 Å². The fourth-order valence-corrected chi connectivity index (χ4v) is 2.14. The Bertz CT molecular complexity index is 767. The molecule has 0 fully saturated rings. The Morgan fingerprint density at radius 1 is 1.10 bits per heavy atom. The molecule has 108 valence electrons. The first-order valence-electron chi connectivity index (χ1n) is 6.77. The maximum Gasteiger partial charge on any atom is 0.224 e. The average molecular weight is 282 g/mol. The maximum atomic E-state index is 5.71. The number of H-pyrrole nitrogens is 1. The van der Waals surface area contributed by atoms with Crippen molar-refractivity contribution < 1.29 is 0 Å². The van der Waals surface area contributed by atoms with Gasteiger partial charge in [0.2, 0.25) is 5.95 Å². The van der Waals surface area contributed by atoms with Crippen molar-refractivity contribution >= 4 is 28.5 Å². The van der Waals surface area contributed by atoms with E-state index in [9.17, 15) is 0 Å². The highest BCUT2D eigenvalue weighted by atomic mass is 15.2. The Hall–Kier alpha value is -2.63. The minimum Gasteiger partial charge on any atom is -0.368 e. The van der Waals surface area contributed by atoms with Gasteiger partial charge in [-0.1, -0.05) is 32.9 Å². The third kappa shape index (κ3) is 2.65. The lowest BCUT2D eigenvalue weighted by Crippen LogP contribution is -2.10. The average Bonchev–Trinajstić information content (AvgIpc) is 2.86. The lowest BCUT2D eigenvalue weighted by atomic mass is 9.87. The number of anilines is 3. The number of aromatic nitrogens is 4. The molecule has 3 aromatic rings. The summed E-state index contributed by atoms with van der Waals surface area (Å²) < 4.78 is 0. The molecule has 0 atom stereocenters. The normalized spacial score (nSPS) is 11.8. The van der Waals surface area contributed by atoms with E-state index >= 15 is 0 Å². The first-order chi connectivity index (χ1) is 9.93. The van der Waals surface area contributed by atoms with Crippen LogP contribution in [0, 0.1) is 0 Å². The molecular weight excluding hydrogens is 264 g/mol. The molecule has 2 aromatic heterocycles. The Balaban J connectivity index is 1.93. The molecule has 21 heavy (non-hydrogen) atoms. The van der Waals surface area contributed by atoms with E-state index in [-0.39, 0.29) is 11.4 Å². The maximum absolute atomic E-state index is 5.71. The number of nitrogens with zero attached hydrogens (tertiary/aromatic N) is 3. The van der Waals surface area contributed by atoms with Crippen LogP contribution in [0.3, 0.4) is 0 Å². The Labute approximate surface area is 122 Å². The molecule has 0 spiro atoms. The molecule has 6 heteroatoms. The summed E-state index contributed by atoms with van der Waals surface area (Å²) in [5, 5.41) is 10.8. The summed E-state index contributed by atoms with van der Waals surface area (Å²) in [7, 11) is 0. The van der Waals surface area contributed by atoms with Crippen molar-refractivity contribution in [1.82, 2.24) is 20.2 Å². The second-order valence-electron chi connectivity index (χ2n) is 6.02. The first-order valence-corrected chi connectivity index (χ1v) is 6.77. The van der Waals surface area contributed by atoms with Crippen molar-refractivity contribution in [1.29, 1.82) is 0 Å². The van der Waals surface area contributed by atoms with Gasteiger partial charge in [-0.25, -0.2) is 0 Å². The number of nitrogen functional groups attached to an aromatic ring is 1. The topological polar surface area (TPSA) is 92.5 Å². The highest BCUT2D eigenvalue weighted by Crippen LogP contribution is 2.26. The summed E-state index contributed by atoms with van der Waals surface area (Å²) in [5.41, 5.74) is 8.69. The van der Waals surface area contributed by atoms with Crippen molar-refractivity contribution in [2.75, 3.05) is 11.1 Å². The van der Waals surface area contributed by atoms with Gasteiger partial charge in [-0.15, -0.1) is 0 Å². The van der Waals surface area contributed by atoms with Gasteiger partial charge >= 0.3 is 0 Å². The number of nitrogens with one attached hydrogen (secondary N) is 2. The van der Waals surface area contributed by atoms with Crippen LogP contribution >= 0.6 is 0 Å². The van der Waals surface area contributed by atoms with Crippen molar-refractivity contribution in [3.8, 4) is 0 Å². The van der Waals surface area contributed by atoms with Crippen molar-refractivity contribution in [3.63, 3.8) is 0 Å². The van der Waals surface area contributed by atoms with Crippen LogP contribution < -0.4 is 11.1 Å². The molecule has 3 rings (SSSR count). The summed E-state index contributed by atoms with van der Waals surface area (Å²) >= 11 is 0.